The molecule has 0 fully saturated rings. The highest BCUT2D eigenvalue weighted by Crippen LogP contribution is 2.15. The zero-order valence-electron chi connectivity index (χ0n) is 9.49. The maximum absolute atomic E-state index is 13.1. The van der Waals surface area contributed by atoms with E-state index >= 15 is 0 Å². The zero-order valence-corrected chi connectivity index (χ0v) is 10.2. The van der Waals surface area contributed by atoms with Crippen molar-refractivity contribution in [2.45, 2.75) is 12.8 Å². The van der Waals surface area contributed by atoms with Crippen LogP contribution in [0.25, 0.3) is 0 Å². The molecule has 0 atom stereocenters. The first-order chi connectivity index (χ1) is 8.54. The summed E-state index contributed by atoms with van der Waals surface area (Å²) >= 11 is 5.51. The lowest BCUT2D eigenvalue weighted by atomic mass is 10.2. The van der Waals surface area contributed by atoms with E-state index in [0.29, 0.717) is 19.4 Å². The second-order valence-corrected chi connectivity index (χ2v) is 3.99. The number of nitrogens with two attached hydrogens (primary N) is 1. The predicted octanol–water partition coefficient (Wildman–Crippen LogP) is 1.74. The smallest absolute Gasteiger partial charge is 0.251 e. The molecule has 1 amide bonds. The molecule has 1 aromatic carbocycles. The molecule has 1 rings (SSSR count). The molecule has 0 radical (unpaired) electrons. The minimum absolute atomic E-state index is 0.0292. The van der Waals surface area contributed by atoms with Gasteiger partial charge in [0.25, 0.3) is 5.91 Å². The van der Waals surface area contributed by atoms with Crippen molar-refractivity contribution in [2.24, 2.45) is 10.9 Å². The number of hydrogen-bond acceptors (Lipinski definition) is 3. The van der Waals surface area contributed by atoms with Gasteiger partial charge in [-0.2, -0.15) is 0 Å². The van der Waals surface area contributed by atoms with Gasteiger partial charge in [0.05, 0.1) is 5.02 Å². The Hall–Kier alpha value is -1.82. The first-order valence-corrected chi connectivity index (χ1v) is 5.62. The summed E-state index contributed by atoms with van der Waals surface area (Å²) in [7, 11) is 0. The minimum Gasteiger partial charge on any atom is -0.409 e. The van der Waals surface area contributed by atoms with Crippen molar-refractivity contribution in [3.63, 3.8) is 0 Å². The van der Waals surface area contributed by atoms with Crippen molar-refractivity contribution in [1.82, 2.24) is 5.32 Å². The first-order valence-electron chi connectivity index (χ1n) is 5.24. The Labute approximate surface area is 108 Å². The number of benzene rings is 1. The second kappa shape index (κ2) is 6.80. The molecule has 18 heavy (non-hydrogen) atoms. The van der Waals surface area contributed by atoms with Crippen molar-refractivity contribution >= 4 is 23.3 Å². The summed E-state index contributed by atoms with van der Waals surface area (Å²) in [6, 6.07) is 3.83. The van der Waals surface area contributed by atoms with E-state index in [2.05, 4.69) is 10.5 Å². The van der Waals surface area contributed by atoms with Crippen LogP contribution in [-0.4, -0.2) is 23.5 Å². The molecule has 0 aliphatic carbocycles. The van der Waals surface area contributed by atoms with Crippen LogP contribution < -0.4 is 11.1 Å². The SMILES string of the molecule is N/C(CCCNC(=O)c1ccc(Cl)c(F)c1)=N/O. The third kappa shape index (κ3) is 4.21. The van der Waals surface area contributed by atoms with E-state index in [1.807, 2.05) is 0 Å². The number of nitrogens with zero attached hydrogens (tertiary/aromatic N) is 1. The Morgan fingerprint density at radius 3 is 2.89 bits per heavy atom. The number of carbonyl (C=O) groups excluding carboxylic acids is 1. The van der Waals surface area contributed by atoms with Gasteiger partial charge in [0.15, 0.2) is 0 Å². The third-order valence-corrected chi connectivity index (χ3v) is 2.51. The Morgan fingerprint density at radius 2 is 2.28 bits per heavy atom. The zero-order chi connectivity index (χ0) is 13.5. The quantitative estimate of drug-likeness (QED) is 0.251. The van der Waals surface area contributed by atoms with Gasteiger partial charge >= 0.3 is 0 Å². The van der Waals surface area contributed by atoms with Crippen molar-refractivity contribution in [3.8, 4) is 0 Å². The summed E-state index contributed by atoms with van der Waals surface area (Å²) in [6.07, 6.45) is 0.892. The second-order valence-electron chi connectivity index (χ2n) is 3.58. The van der Waals surface area contributed by atoms with Gasteiger partial charge in [-0.05, 0) is 24.6 Å². The number of nitrogens with one attached hydrogen (secondary N) is 1. The van der Waals surface area contributed by atoms with E-state index in [0.717, 1.165) is 6.07 Å². The Kier molecular flexibility index (Phi) is 5.38. The Morgan fingerprint density at radius 1 is 1.56 bits per heavy atom. The van der Waals surface area contributed by atoms with Gasteiger partial charge in [0.1, 0.15) is 11.7 Å². The van der Waals surface area contributed by atoms with E-state index in [4.69, 9.17) is 22.5 Å². The highest BCUT2D eigenvalue weighted by Gasteiger charge is 2.08. The summed E-state index contributed by atoms with van der Waals surface area (Å²) in [4.78, 5) is 11.6. The fourth-order valence-electron chi connectivity index (χ4n) is 1.26. The van der Waals surface area contributed by atoms with Crippen molar-refractivity contribution < 1.29 is 14.4 Å². The molecule has 4 N–H and O–H groups in total. The lowest BCUT2D eigenvalue weighted by Crippen LogP contribution is -2.25. The molecule has 0 spiro atoms. The summed E-state index contributed by atoms with van der Waals surface area (Å²) in [5, 5.41) is 13.7. The number of rotatable bonds is 5. The summed E-state index contributed by atoms with van der Waals surface area (Å²) in [5.74, 6) is -0.937. The molecular weight excluding hydrogens is 261 g/mol. The fraction of sp³-hybridized carbons (Fsp3) is 0.273. The molecule has 0 saturated carbocycles. The van der Waals surface area contributed by atoms with E-state index in [1.165, 1.54) is 12.1 Å². The number of carbonyl (C=O) groups is 1. The molecule has 0 saturated heterocycles. The summed E-state index contributed by atoms with van der Waals surface area (Å²) < 4.78 is 13.1. The van der Waals surface area contributed by atoms with E-state index in [-0.39, 0.29) is 16.4 Å². The van der Waals surface area contributed by atoms with E-state index < -0.39 is 11.7 Å². The molecule has 0 aromatic heterocycles. The normalized spacial score (nSPS) is 11.3. The van der Waals surface area contributed by atoms with Gasteiger partial charge < -0.3 is 16.3 Å². The number of amides is 1. The largest absolute Gasteiger partial charge is 0.409 e. The van der Waals surface area contributed by atoms with Crippen LogP contribution in [0.2, 0.25) is 5.02 Å². The molecule has 5 nitrogen and oxygen atoms in total. The monoisotopic (exact) mass is 273 g/mol. The van der Waals surface area contributed by atoms with Gasteiger partial charge in [-0.15, -0.1) is 0 Å². The van der Waals surface area contributed by atoms with Crippen LogP contribution >= 0.6 is 11.6 Å². The van der Waals surface area contributed by atoms with Gasteiger partial charge in [-0.3, -0.25) is 4.79 Å². The maximum Gasteiger partial charge on any atom is 0.251 e. The predicted molar refractivity (Wildman–Crippen MR) is 66.4 cm³/mol. The molecule has 7 heteroatoms. The summed E-state index contributed by atoms with van der Waals surface area (Å²) in [5.41, 5.74) is 5.46. The fourth-order valence-corrected chi connectivity index (χ4v) is 1.38. The van der Waals surface area contributed by atoms with Crippen LogP contribution in [0.5, 0.6) is 0 Å². The molecule has 0 unspecified atom stereocenters. The lowest BCUT2D eigenvalue weighted by Gasteiger charge is -2.05. The molecule has 0 aliphatic rings. The highest BCUT2D eigenvalue weighted by molar-refractivity contribution is 6.30. The first kappa shape index (κ1) is 14.2. The number of halogens is 2. The van der Waals surface area contributed by atoms with Crippen molar-refractivity contribution in [2.75, 3.05) is 6.54 Å². The van der Waals surface area contributed by atoms with E-state index in [9.17, 15) is 9.18 Å². The Balaban J connectivity index is 2.43. The number of amidine groups is 1. The van der Waals surface area contributed by atoms with Crippen LogP contribution in [-0.2, 0) is 0 Å². The van der Waals surface area contributed by atoms with Crippen LogP contribution in [0.1, 0.15) is 23.2 Å². The van der Waals surface area contributed by atoms with Gasteiger partial charge in [-0.1, -0.05) is 16.8 Å². The number of hydrogen-bond donors (Lipinski definition) is 3. The van der Waals surface area contributed by atoms with Crippen LogP contribution in [0.15, 0.2) is 23.4 Å². The molecule has 0 aliphatic heterocycles. The van der Waals surface area contributed by atoms with Crippen LogP contribution in [0, 0.1) is 5.82 Å². The van der Waals surface area contributed by atoms with Gasteiger partial charge in [-0.25, -0.2) is 4.39 Å². The lowest BCUT2D eigenvalue weighted by molar-refractivity contribution is 0.0953. The maximum atomic E-state index is 13.1. The van der Waals surface area contributed by atoms with Crippen LogP contribution in [0.4, 0.5) is 4.39 Å². The minimum atomic E-state index is -0.638. The average Bonchev–Trinajstić information content (AvgIpc) is 2.37. The van der Waals surface area contributed by atoms with Crippen molar-refractivity contribution in [1.29, 1.82) is 0 Å². The molecule has 98 valence electrons. The molecular formula is C11H13ClFN3O2. The molecule has 0 bridgehead atoms. The third-order valence-electron chi connectivity index (χ3n) is 2.21. The average molecular weight is 274 g/mol. The van der Waals surface area contributed by atoms with E-state index in [1.54, 1.807) is 0 Å². The molecule has 0 heterocycles. The van der Waals surface area contributed by atoms with Crippen molar-refractivity contribution in [3.05, 3.63) is 34.6 Å². The van der Waals surface area contributed by atoms with Gasteiger partial charge in [0.2, 0.25) is 0 Å². The highest BCUT2D eigenvalue weighted by atomic mass is 35.5. The topological polar surface area (TPSA) is 87.7 Å². The molecule has 1 aromatic rings. The number of oxime groups is 1. The van der Waals surface area contributed by atoms with Gasteiger partial charge in [0, 0.05) is 18.5 Å². The van der Waals surface area contributed by atoms with Crippen LogP contribution in [0.3, 0.4) is 0 Å². The standard InChI is InChI=1S/C11H13ClFN3O2/c12-8-4-3-7(6-9(8)13)11(17)15-5-1-2-10(14)16-18/h3-4,6,18H,1-2,5H2,(H2,14,16)(H,15,17). The Bertz CT molecular complexity index is 466. The summed E-state index contributed by atoms with van der Waals surface area (Å²) in [6.45, 7) is 0.347.